The Morgan fingerprint density at radius 2 is 1.73 bits per heavy atom. The van der Waals surface area contributed by atoms with Gasteiger partial charge in [-0.25, -0.2) is 27.5 Å². The summed E-state index contributed by atoms with van der Waals surface area (Å²) in [5.41, 5.74) is 5.07. The van der Waals surface area contributed by atoms with Crippen LogP contribution in [0.25, 0.3) is 0 Å². The zero-order chi connectivity index (χ0) is 18.0. The van der Waals surface area contributed by atoms with Crippen LogP contribution in [-0.4, -0.2) is 42.0 Å². The van der Waals surface area contributed by atoms with Gasteiger partial charge in [0.25, 0.3) is 0 Å². The van der Waals surface area contributed by atoms with E-state index in [9.17, 15) is 17.6 Å². The van der Waals surface area contributed by atoms with Crippen LogP contribution in [0.15, 0.2) is 22.6 Å². The van der Waals surface area contributed by atoms with Crippen LogP contribution in [-0.2, 0) is 6.54 Å². The van der Waals surface area contributed by atoms with Crippen LogP contribution in [0.1, 0.15) is 5.56 Å². The maximum Gasteiger partial charge on any atom is 0.191 e. The molecule has 1 fully saturated rings. The highest BCUT2D eigenvalue weighted by molar-refractivity contribution is 14.0. The number of rotatable bonds is 3. The molecule has 1 aromatic carbocycles. The Labute approximate surface area is 168 Å². The van der Waals surface area contributed by atoms with Gasteiger partial charge in [0.2, 0.25) is 0 Å². The fourth-order valence-electron chi connectivity index (χ4n) is 2.52. The van der Waals surface area contributed by atoms with Gasteiger partial charge in [0.1, 0.15) is 0 Å². The standard InChI is InChI=1S/C15H15F4N5S.HI/c16-10-7-11(17)13(19)9(12(10)18)8-22-14(20)23-2-4-24(5-3-23)15-21-1-6-25-15;/h1,6-7H,2-5,8H2,(H2,20,22);1H. The molecule has 26 heavy (non-hydrogen) atoms. The second kappa shape index (κ2) is 8.84. The minimum Gasteiger partial charge on any atom is -0.370 e. The first-order valence-corrected chi connectivity index (χ1v) is 8.36. The molecule has 0 radical (unpaired) electrons. The molecule has 3 rings (SSSR count). The van der Waals surface area contributed by atoms with Crippen LogP contribution in [0.5, 0.6) is 0 Å². The number of halogens is 5. The Morgan fingerprint density at radius 1 is 1.12 bits per heavy atom. The monoisotopic (exact) mass is 501 g/mol. The highest BCUT2D eigenvalue weighted by Gasteiger charge is 2.21. The summed E-state index contributed by atoms with van der Waals surface area (Å²) in [6.45, 7) is 1.86. The molecule has 0 saturated carbocycles. The number of hydrogen-bond acceptors (Lipinski definition) is 4. The summed E-state index contributed by atoms with van der Waals surface area (Å²) in [4.78, 5) is 12.0. The average Bonchev–Trinajstić information content (AvgIpc) is 3.14. The van der Waals surface area contributed by atoms with E-state index in [1.165, 1.54) is 11.3 Å². The Morgan fingerprint density at radius 3 is 2.27 bits per heavy atom. The highest BCUT2D eigenvalue weighted by Crippen LogP contribution is 2.21. The molecule has 0 atom stereocenters. The molecule has 1 aromatic heterocycles. The maximum atomic E-state index is 13.6. The summed E-state index contributed by atoms with van der Waals surface area (Å²) < 4.78 is 53.6. The lowest BCUT2D eigenvalue weighted by molar-refractivity contribution is 0.380. The largest absolute Gasteiger partial charge is 0.370 e. The Kier molecular flexibility index (Phi) is 7.03. The fourth-order valence-corrected chi connectivity index (χ4v) is 3.22. The van der Waals surface area contributed by atoms with Crippen molar-refractivity contribution in [3.8, 4) is 0 Å². The van der Waals surface area contributed by atoms with Crippen LogP contribution in [0, 0.1) is 23.3 Å². The summed E-state index contributed by atoms with van der Waals surface area (Å²) in [6, 6.07) is 0.166. The lowest BCUT2D eigenvalue weighted by atomic mass is 10.2. The van der Waals surface area contributed by atoms with Crippen molar-refractivity contribution >= 4 is 46.4 Å². The van der Waals surface area contributed by atoms with Crippen LogP contribution in [0.3, 0.4) is 0 Å². The molecule has 1 aliphatic rings. The van der Waals surface area contributed by atoms with Crippen molar-refractivity contribution in [1.82, 2.24) is 9.88 Å². The molecule has 0 bridgehead atoms. The van der Waals surface area contributed by atoms with E-state index < -0.39 is 35.4 Å². The first kappa shape index (κ1) is 20.7. The van der Waals surface area contributed by atoms with Gasteiger partial charge in [-0.2, -0.15) is 0 Å². The number of aliphatic imine (C=N–C) groups is 1. The van der Waals surface area contributed by atoms with Gasteiger partial charge in [0, 0.05) is 43.8 Å². The first-order valence-electron chi connectivity index (χ1n) is 7.48. The summed E-state index contributed by atoms with van der Waals surface area (Å²) in [5, 5.41) is 2.80. The molecule has 0 unspecified atom stereocenters. The number of aromatic nitrogens is 1. The van der Waals surface area contributed by atoms with Crippen LogP contribution < -0.4 is 10.6 Å². The number of benzene rings is 1. The third-order valence-corrected chi connectivity index (χ3v) is 4.73. The van der Waals surface area contributed by atoms with Crippen molar-refractivity contribution in [3.63, 3.8) is 0 Å². The van der Waals surface area contributed by atoms with Crippen molar-refractivity contribution in [3.05, 3.63) is 46.5 Å². The Bertz CT molecular complexity index is 753. The van der Waals surface area contributed by atoms with Crippen LogP contribution >= 0.6 is 35.3 Å². The lowest BCUT2D eigenvalue weighted by Gasteiger charge is -2.35. The molecule has 2 aromatic rings. The molecule has 2 heterocycles. The number of hydrogen-bond donors (Lipinski definition) is 1. The molecular formula is C15H16F4IN5S. The van der Waals surface area contributed by atoms with Crippen molar-refractivity contribution in [2.24, 2.45) is 10.7 Å². The van der Waals surface area contributed by atoms with Crippen molar-refractivity contribution in [2.75, 3.05) is 31.1 Å². The average molecular weight is 501 g/mol. The Balaban J connectivity index is 0.00000243. The molecule has 5 nitrogen and oxygen atoms in total. The number of guanidine groups is 1. The molecular weight excluding hydrogens is 485 g/mol. The third kappa shape index (κ3) is 4.37. The van der Waals surface area contributed by atoms with E-state index in [1.807, 2.05) is 5.38 Å². The van der Waals surface area contributed by atoms with Gasteiger partial charge >= 0.3 is 0 Å². The second-order valence-corrected chi connectivity index (χ2v) is 6.28. The van der Waals surface area contributed by atoms with Gasteiger partial charge in [-0.1, -0.05) is 0 Å². The summed E-state index contributed by atoms with van der Waals surface area (Å²) in [7, 11) is 0. The molecule has 2 N–H and O–H groups in total. The van der Waals surface area contributed by atoms with Crippen molar-refractivity contribution in [2.45, 2.75) is 6.54 Å². The topological polar surface area (TPSA) is 57.8 Å². The SMILES string of the molecule is I.NC(=NCc1c(F)c(F)cc(F)c1F)N1CCN(c2nccs2)CC1. The first-order chi connectivity index (χ1) is 12.0. The zero-order valence-corrected chi connectivity index (χ0v) is 16.6. The van der Waals surface area contributed by atoms with Crippen LogP contribution in [0.2, 0.25) is 0 Å². The van der Waals surface area contributed by atoms with Gasteiger partial charge in [-0.3, -0.25) is 0 Å². The lowest BCUT2D eigenvalue weighted by Crippen LogP contribution is -2.51. The molecule has 0 aliphatic carbocycles. The predicted molar refractivity (Wildman–Crippen MR) is 103 cm³/mol. The van der Waals surface area contributed by atoms with E-state index >= 15 is 0 Å². The van der Waals surface area contributed by atoms with E-state index in [0.717, 1.165) is 5.13 Å². The van der Waals surface area contributed by atoms with Gasteiger partial charge in [0.15, 0.2) is 34.4 Å². The highest BCUT2D eigenvalue weighted by atomic mass is 127. The minimum atomic E-state index is -1.46. The number of nitrogens with two attached hydrogens (primary N) is 1. The molecule has 1 saturated heterocycles. The predicted octanol–water partition coefficient (Wildman–Crippen LogP) is 2.95. The third-order valence-electron chi connectivity index (χ3n) is 3.90. The number of anilines is 1. The summed E-state index contributed by atoms with van der Waals surface area (Å²) in [6.07, 6.45) is 1.73. The molecule has 142 valence electrons. The van der Waals surface area contributed by atoms with Gasteiger partial charge in [-0.15, -0.1) is 35.3 Å². The van der Waals surface area contributed by atoms with Crippen molar-refractivity contribution < 1.29 is 17.6 Å². The minimum absolute atomic E-state index is 0. The second-order valence-electron chi connectivity index (χ2n) is 5.41. The maximum absolute atomic E-state index is 13.6. The van der Waals surface area contributed by atoms with E-state index in [0.29, 0.717) is 26.2 Å². The number of nitrogens with zero attached hydrogens (tertiary/aromatic N) is 4. The zero-order valence-electron chi connectivity index (χ0n) is 13.5. The molecule has 0 amide bonds. The van der Waals surface area contributed by atoms with Gasteiger partial charge in [0.05, 0.1) is 12.1 Å². The van der Waals surface area contributed by atoms with Crippen LogP contribution in [0.4, 0.5) is 22.7 Å². The quantitative estimate of drug-likeness (QED) is 0.231. The summed E-state index contributed by atoms with van der Waals surface area (Å²) >= 11 is 1.53. The summed E-state index contributed by atoms with van der Waals surface area (Å²) in [5.74, 6) is -5.75. The molecule has 1 aliphatic heterocycles. The smallest absolute Gasteiger partial charge is 0.191 e. The van der Waals surface area contributed by atoms with E-state index in [1.54, 1.807) is 11.1 Å². The Hall–Kier alpha value is -1.63. The van der Waals surface area contributed by atoms with Gasteiger partial charge < -0.3 is 15.5 Å². The molecule has 11 heteroatoms. The van der Waals surface area contributed by atoms with E-state index in [2.05, 4.69) is 14.9 Å². The van der Waals surface area contributed by atoms with Crippen molar-refractivity contribution in [1.29, 1.82) is 0 Å². The van der Waals surface area contributed by atoms with E-state index in [4.69, 9.17) is 5.73 Å². The fraction of sp³-hybridized carbons (Fsp3) is 0.333. The normalized spacial score (nSPS) is 15.2. The van der Waals surface area contributed by atoms with E-state index in [-0.39, 0.29) is 36.0 Å². The van der Waals surface area contributed by atoms with Gasteiger partial charge in [-0.05, 0) is 0 Å². The number of thiazole rings is 1. The number of piperazine rings is 1. The molecule has 0 spiro atoms.